The largest absolute Gasteiger partial charge is 0.379 e. The monoisotopic (exact) mass is 256 g/mol. The Morgan fingerprint density at radius 1 is 1.57 bits per heavy atom. The molecule has 1 aliphatic rings. The maximum absolute atomic E-state index is 5.38. The highest BCUT2D eigenvalue weighted by Crippen LogP contribution is 2.16. The molecule has 0 saturated carbocycles. The van der Waals surface area contributed by atoms with E-state index in [9.17, 15) is 0 Å². The first-order valence-corrected chi connectivity index (χ1v) is 5.60. The average molecular weight is 257 g/mol. The molecule has 0 aromatic carbocycles. The number of anilines is 1. The van der Waals surface area contributed by atoms with Crippen LogP contribution in [-0.2, 0) is 4.74 Å². The highest BCUT2D eigenvalue weighted by molar-refractivity contribution is 9.10. The molecule has 4 heteroatoms. The van der Waals surface area contributed by atoms with Gasteiger partial charge >= 0.3 is 0 Å². The van der Waals surface area contributed by atoms with Gasteiger partial charge in [0.25, 0.3) is 0 Å². The Kier molecular flexibility index (Phi) is 3.37. The Hall–Kier alpha value is -0.610. The molecule has 14 heavy (non-hydrogen) atoms. The van der Waals surface area contributed by atoms with Crippen molar-refractivity contribution < 1.29 is 4.74 Å². The van der Waals surface area contributed by atoms with Crippen LogP contribution in [-0.4, -0.2) is 24.2 Å². The van der Waals surface area contributed by atoms with Crippen molar-refractivity contribution in [3.05, 3.63) is 22.8 Å². The minimum absolute atomic E-state index is 0.408. The molecule has 3 nitrogen and oxygen atoms in total. The Morgan fingerprint density at radius 3 is 3.21 bits per heavy atom. The lowest BCUT2D eigenvalue weighted by atomic mass is 10.1. The molecular weight excluding hydrogens is 244 g/mol. The topological polar surface area (TPSA) is 34.2 Å². The van der Waals surface area contributed by atoms with Crippen molar-refractivity contribution in [3.8, 4) is 0 Å². The van der Waals surface area contributed by atoms with E-state index in [1.165, 1.54) is 0 Å². The minimum atomic E-state index is 0.408. The highest BCUT2D eigenvalue weighted by atomic mass is 79.9. The quantitative estimate of drug-likeness (QED) is 0.883. The number of hydrogen-bond donors (Lipinski definition) is 1. The van der Waals surface area contributed by atoms with Crippen molar-refractivity contribution >= 4 is 21.7 Å². The van der Waals surface area contributed by atoms with Gasteiger partial charge in [0.2, 0.25) is 0 Å². The molecule has 1 aromatic heterocycles. The molecule has 76 valence electrons. The van der Waals surface area contributed by atoms with Gasteiger partial charge < -0.3 is 10.1 Å². The molecule has 1 fully saturated rings. The Bertz CT molecular complexity index is 300. The highest BCUT2D eigenvalue weighted by Gasteiger charge is 2.13. The summed E-state index contributed by atoms with van der Waals surface area (Å²) < 4.78 is 6.43. The lowest BCUT2D eigenvalue weighted by Gasteiger charge is -2.23. The van der Waals surface area contributed by atoms with Crippen molar-refractivity contribution in [1.29, 1.82) is 0 Å². The van der Waals surface area contributed by atoms with Gasteiger partial charge in [-0.3, -0.25) is 0 Å². The lowest BCUT2D eigenvalue weighted by Crippen LogP contribution is -2.30. The van der Waals surface area contributed by atoms with Crippen molar-refractivity contribution in [3.63, 3.8) is 0 Å². The van der Waals surface area contributed by atoms with E-state index >= 15 is 0 Å². The molecule has 1 saturated heterocycles. The Morgan fingerprint density at radius 2 is 2.50 bits per heavy atom. The summed E-state index contributed by atoms with van der Waals surface area (Å²) in [4.78, 5) is 4.24. The van der Waals surface area contributed by atoms with E-state index < -0.39 is 0 Å². The molecule has 0 spiro atoms. The van der Waals surface area contributed by atoms with Gasteiger partial charge in [0, 0.05) is 17.3 Å². The van der Waals surface area contributed by atoms with E-state index in [0.29, 0.717) is 6.04 Å². The van der Waals surface area contributed by atoms with E-state index in [2.05, 4.69) is 26.2 Å². The molecular formula is C10H13BrN2O. The number of nitrogens with one attached hydrogen (secondary N) is 1. The third-order valence-electron chi connectivity index (χ3n) is 2.23. The molecule has 1 unspecified atom stereocenters. The fourth-order valence-corrected chi connectivity index (χ4v) is 1.88. The number of halogens is 1. The van der Waals surface area contributed by atoms with Crippen LogP contribution in [0.5, 0.6) is 0 Å². The summed E-state index contributed by atoms with van der Waals surface area (Å²) in [7, 11) is 0. The zero-order chi connectivity index (χ0) is 9.80. The summed E-state index contributed by atoms with van der Waals surface area (Å²) in [5.41, 5.74) is 0. The predicted molar refractivity (Wildman–Crippen MR) is 59.4 cm³/mol. The van der Waals surface area contributed by atoms with Gasteiger partial charge in [-0.1, -0.05) is 15.9 Å². The number of aromatic nitrogens is 1. The van der Waals surface area contributed by atoms with Crippen molar-refractivity contribution in [1.82, 2.24) is 4.98 Å². The van der Waals surface area contributed by atoms with Crippen molar-refractivity contribution in [2.24, 2.45) is 0 Å². The van der Waals surface area contributed by atoms with Gasteiger partial charge in [-0.15, -0.1) is 0 Å². The first-order valence-electron chi connectivity index (χ1n) is 4.80. The summed E-state index contributed by atoms with van der Waals surface area (Å²) in [6.45, 7) is 1.68. The van der Waals surface area contributed by atoms with E-state index in [0.717, 1.165) is 36.3 Å². The van der Waals surface area contributed by atoms with Crippen LogP contribution in [0.4, 0.5) is 5.82 Å². The number of pyridine rings is 1. The first kappa shape index (κ1) is 9.93. The van der Waals surface area contributed by atoms with Crippen LogP contribution in [0.2, 0.25) is 0 Å². The van der Waals surface area contributed by atoms with Crippen LogP contribution in [0.3, 0.4) is 0 Å². The van der Waals surface area contributed by atoms with Crippen LogP contribution in [0.15, 0.2) is 22.8 Å². The molecule has 0 radical (unpaired) electrons. The van der Waals surface area contributed by atoms with Crippen LogP contribution in [0.1, 0.15) is 12.8 Å². The maximum atomic E-state index is 5.38. The zero-order valence-corrected chi connectivity index (χ0v) is 9.46. The van der Waals surface area contributed by atoms with Gasteiger partial charge in [0.05, 0.1) is 12.6 Å². The summed E-state index contributed by atoms with van der Waals surface area (Å²) >= 11 is 3.42. The number of hydrogen-bond acceptors (Lipinski definition) is 3. The average Bonchev–Trinajstić information content (AvgIpc) is 2.19. The van der Waals surface area contributed by atoms with Crippen LogP contribution in [0.25, 0.3) is 0 Å². The molecule has 0 amide bonds. The van der Waals surface area contributed by atoms with E-state index in [1.54, 1.807) is 6.20 Å². The number of ether oxygens (including phenoxy) is 1. The molecule has 1 aromatic rings. The summed E-state index contributed by atoms with van der Waals surface area (Å²) in [5, 5.41) is 3.36. The fraction of sp³-hybridized carbons (Fsp3) is 0.500. The van der Waals surface area contributed by atoms with Crippen molar-refractivity contribution in [2.75, 3.05) is 18.5 Å². The Balaban J connectivity index is 1.95. The summed E-state index contributed by atoms with van der Waals surface area (Å²) in [6, 6.07) is 4.31. The minimum Gasteiger partial charge on any atom is -0.379 e. The summed E-state index contributed by atoms with van der Waals surface area (Å²) in [6.07, 6.45) is 4.08. The third-order valence-corrected chi connectivity index (χ3v) is 2.73. The molecule has 0 aliphatic carbocycles. The smallest absolute Gasteiger partial charge is 0.127 e. The molecule has 1 aliphatic heterocycles. The number of nitrogens with zero attached hydrogens (tertiary/aromatic N) is 1. The van der Waals surface area contributed by atoms with Gasteiger partial charge in [0.15, 0.2) is 0 Å². The second-order valence-corrected chi connectivity index (χ2v) is 4.33. The number of rotatable bonds is 2. The second kappa shape index (κ2) is 4.75. The second-order valence-electron chi connectivity index (χ2n) is 3.42. The van der Waals surface area contributed by atoms with Gasteiger partial charge in [0.1, 0.15) is 5.82 Å². The standard InChI is InChI=1S/C10H13BrN2O/c11-8-3-4-12-10(6-8)13-9-2-1-5-14-7-9/h3-4,6,9H,1-2,5,7H2,(H,12,13). The molecule has 2 heterocycles. The fourth-order valence-electron chi connectivity index (χ4n) is 1.55. The molecule has 1 atom stereocenters. The van der Waals surface area contributed by atoms with Crippen LogP contribution < -0.4 is 5.32 Å². The normalized spacial score (nSPS) is 21.9. The van der Waals surface area contributed by atoms with Crippen LogP contribution >= 0.6 is 15.9 Å². The first-order chi connectivity index (χ1) is 6.84. The van der Waals surface area contributed by atoms with E-state index in [1.807, 2.05) is 12.1 Å². The van der Waals surface area contributed by atoms with E-state index in [-0.39, 0.29) is 0 Å². The SMILES string of the molecule is Brc1ccnc(NC2CCCOC2)c1. The molecule has 0 bridgehead atoms. The van der Waals surface area contributed by atoms with Gasteiger partial charge in [-0.25, -0.2) is 4.98 Å². The molecule has 1 N–H and O–H groups in total. The molecule has 2 rings (SSSR count). The Labute approximate surface area is 92.0 Å². The third kappa shape index (κ3) is 2.69. The maximum Gasteiger partial charge on any atom is 0.127 e. The van der Waals surface area contributed by atoms with Gasteiger partial charge in [-0.2, -0.15) is 0 Å². The zero-order valence-electron chi connectivity index (χ0n) is 7.87. The van der Waals surface area contributed by atoms with Crippen LogP contribution in [0, 0.1) is 0 Å². The predicted octanol–water partition coefficient (Wildman–Crippen LogP) is 2.44. The van der Waals surface area contributed by atoms with Gasteiger partial charge in [-0.05, 0) is 25.0 Å². The summed E-state index contributed by atoms with van der Waals surface area (Å²) in [5.74, 6) is 0.912. The lowest BCUT2D eigenvalue weighted by molar-refractivity contribution is 0.0875. The van der Waals surface area contributed by atoms with Crippen molar-refractivity contribution in [2.45, 2.75) is 18.9 Å². The van der Waals surface area contributed by atoms with E-state index in [4.69, 9.17) is 4.74 Å².